The number of carbonyl (C=O) groups is 1. The highest BCUT2D eigenvalue weighted by molar-refractivity contribution is 6.05. The Balaban J connectivity index is 2.46. The van der Waals surface area contributed by atoms with Crippen molar-refractivity contribution >= 4 is 11.6 Å². The van der Waals surface area contributed by atoms with Crippen LogP contribution >= 0.6 is 0 Å². The van der Waals surface area contributed by atoms with E-state index in [0.717, 1.165) is 16.8 Å². The van der Waals surface area contributed by atoms with Gasteiger partial charge in [-0.3, -0.25) is 4.79 Å². The van der Waals surface area contributed by atoms with Crippen LogP contribution in [0.15, 0.2) is 53.7 Å². The molecule has 1 amide bonds. The number of hydrogen-bond acceptors (Lipinski definition) is 2. The zero-order chi connectivity index (χ0) is 13.8. The lowest BCUT2D eigenvalue weighted by Crippen LogP contribution is -2.32. The molecule has 2 aromatic rings. The fourth-order valence-corrected chi connectivity index (χ4v) is 2.17. The number of para-hydroxylation sites is 1. The van der Waals surface area contributed by atoms with Crippen molar-refractivity contribution < 1.29 is 9.21 Å². The maximum absolute atomic E-state index is 12.5. The Bertz CT molecular complexity index is 565. The summed E-state index contributed by atoms with van der Waals surface area (Å²) in [7, 11) is 0. The van der Waals surface area contributed by atoms with Crippen LogP contribution in [0.4, 0.5) is 5.69 Å². The third-order valence-electron chi connectivity index (χ3n) is 3.00. The zero-order valence-corrected chi connectivity index (χ0v) is 11.2. The van der Waals surface area contributed by atoms with Gasteiger partial charge in [0.15, 0.2) is 5.76 Å². The number of benzene rings is 1. The molecule has 0 unspecified atom stereocenters. The number of amides is 1. The zero-order valence-electron chi connectivity index (χ0n) is 11.2. The molecule has 0 atom stereocenters. The average molecular weight is 255 g/mol. The van der Waals surface area contributed by atoms with Crippen LogP contribution in [0.5, 0.6) is 0 Å². The summed E-state index contributed by atoms with van der Waals surface area (Å²) in [6, 6.07) is 9.36. The predicted molar refractivity (Wildman–Crippen MR) is 76.5 cm³/mol. The van der Waals surface area contributed by atoms with Crippen LogP contribution < -0.4 is 4.90 Å². The normalized spacial score (nSPS) is 10.2. The molecule has 98 valence electrons. The molecule has 3 nitrogen and oxygen atoms in total. The van der Waals surface area contributed by atoms with Gasteiger partial charge in [-0.1, -0.05) is 24.3 Å². The molecule has 0 saturated heterocycles. The van der Waals surface area contributed by atoms with Gasteiger partial charge in [0.25, 0.3) is 5.91 Å². The third-order valence-corrected chi connectivity index (χ3v) is 3.00. The number of rotatable bonds is 4. The molecule has 1 aromatic carbocycles. The van der Waals surface area contributed by atoms with E-state index in [-0.39, 0.29) is 5.91 Å². The van der Waals surface area contributed by atoms with Gasteiger partial charge < -0.3 is 9.32 Å². The van der Waals surface area contributed by atoms with Crippen molar-refractivity contribution in [2.24, 2.45) is 0 Å². The Hall–Kier alpha value is -2.29. The predicted octanol–water partition coefficient (Wildman–Crippen LogP) is 3.73. The smallest absolute Gasteiger partial charge is 0.294 e. The Morgan fingerprint density at radius 1 is 1.26 bits per heavy atom. The first kappa shape index (κ1) is 13.1. The van der Waals surface area contributed by atoms with Gasteiger partial charge in [-0.15, -0.1) is 6.58 Å². The molecule has 3 heteroatoms. The summed E-state index contributed by atoms with van der Waals surface area (Å²) in [5.41, 5.74) is 3.03. The lowest BCUT2D eigenvalue weighted by Gasteiger charge is -2.24. The number of carbonyl (C=O) groups excluding carboxylic acids is 1. The third kappa shape index (κ3) is 2.60. The molecule has 0 aliphatic rings. The molecule has 1 aromatic heterocycles. The summed E-state index contributed by atoms with van der Waals surface area (Å²) in [6.07, 6.45) is 3.22. The van der Waals surface area contributed by atoms with Crippen molar-refractivity contribution in [3.05, 3.63) is 66.1 Å². The molecular weight excluding hydrogens is 238 g/mol. The van der Waals surface area contributed by atoms with Crippen LogP contribution in [0, 0.1) is 13.8 Å². The lowest BCUT2D eigenvalue weighted by molar-refractivity contribution is 0.0963. The van der Waals surface area contributed by atoms with Crippen molar-refractivity contribution in [1.29, 1.82) is 0 Å². The van der Waals surface area contributed by atoms with E-state index in [0.29, 0.717) is 12.3 Å². The highest BCUT2D eigenvalue weighted by atomic mass is 16.3. The van der Waals surface area contributed by atoms with Gasteiger partial charge in [-0.2, -0.15) is 0 Å². The molecule has 0 N–H and O–H groups in total. The quantitative estimate of drug-likeness (QED) is 0.780. The Morgan fingerprint density at radius 3 is 2.47 bits per heavy atom. The SMILES string of the molecule is C=CCN(C(=O)c1ccco1)c1c(C)cccc1C. The highest BCUT2D eigenvalue weighted by Gasteiger charge is 2.21. The first-order chi connectivity index (χ1) is 9.15. The average Bonchev–Trinajstić information content (AvgIpc) is 2.90. The number of nitrogens with zero attached hydrogens (tertiary/aromatic N) is 1. The van der Waals surface area contributed by atoms with E-state index in [1.54, 1.807) is 23.1 Å². The minimum Gasteiger partial charge on any atom is -0.459 e. The van der Waals surface area contributed by atoms with Crippen molar-refractivity contribution in [3.8, 4) is 0 Å². The van der Waals surface area contributed by atoms with Crippen LogP contribution in [0.25, 0.3) is 0 Å². The molecule has 0 bridgehead atoms. The molecule has 0 fully saturated rings. The minimum absolute atomic E-state index is 0.151. The Morgan fingerprint density at radius 2 is 1.95 bits per heavy atom. The second-order valence-corrected chi connectivity index (χ2v) is 4.42. The van der Waals surface area contributed by atoms with Gasteiger partial charge in [0, 0.05) is 6.54 Å². The van der Waals surface area contributed by atoms with Gasteiger partial charge in [-0.05, 0) is 37.1 Å². The summed E-state index contributed by atoms with van der Waals surface area (Å²) in [5.74, 6) is 0.187. The molecule has 2 rings (SSSR count). The van der Waals surface area contributed by atoms with Crippen LogP contribution in [0.3, 0.4) is 0 Å². The van der Waals surface area contributed by atoms with E-state index >= 15 is 0 Å². The summed E-state index contributed by atoms with van der Waals surface area (Å²) in [4.78, 5) is 14.2. The number of anilines is 1. The summed E-state index contributed by atoms with van der Waals surface area (Å²) in [5, 5.41) is 0. The summed E-state index contributed by atoms with van der Waals surface area (Å²) in [6.45, 7) is 8.16. The fourth-order valence-electron chi connectivity index (χ4n) is 2.17. The second-order valence-electron chi connectivity index (χ2n) is 4.42. The van der Waals surface area contributed by atoms with E-state index in [4.69, 9.17) is 4.42 Å². The summed E-state index contributed by atoms with van der Waals surface area (Å²) < 4.78 is 5.20. The van der Waals surface area contributed by atoms with Crippen molar-refractivity contribution in [3.63, 3.8) is 0 Å². The Labute approximate surface area is 113 Å². The highest BCUT2D eigenvalue weighted by Crippen LogP contribution is 2.26. The van der Waals surface area contributed by atoms with Gasteiger partial charge in [0.1, 0.15) is 0 Å². The standard InChI is InChI=1S/C16H17NO2/c1-4-10-17(16(18)14-9-6-11-19-14)15-12(2)7-5-8-13(15)3/h4-9,11H,1,10H2,2-3H3. The minimum atomic E-state index is -0.151. The maximum Gasteiger partial charge on any atom is 0.294 e. The molecule has 0 aliphatic heterocycles. The van der Waals surface area contributed by atoms with E-state index in [1.165, 1.54) is 6.26 Å². The lowest BCUT2D eigenvalue weighted by atomic mass is 10.1. The number of hydrogen-bond donors (Lipinski definition) is 0. The molecule has 1 heterocycles. The number of furan rings is 1. The first-order valence-corrected chi connectivity index (χ1v) is 6.17. The van der Waals surface area contributed by atoms with Crippen molar-refractivity contribution in [1.82, 2.24) is 0 Å². The van der Waals surface area contributed by atoms with Crippen LogP contribution in [-0.4, -0.2) is 12.5 Å². The molecule has 19 heavy (non-hydrogen) atoms. The topological polar surface area (TPSA) is 33.5 Å². The molecule has 0 spiro atoms. The maximum atomic E-state index is 12.5. The van der Waals surface area contributed by atoms with E-state index in [1.807, 2.05) is 32.0 Å². The Kier molecular flexibility index (Phi) is 3.85. The van der Waals surface area contributed by atoms with Crippen molar-refractivity contribution in [2.45, 2.75) is 13.8 Å². The van der Waals surface area contributed by atoms with E-state index in [9.17, 15) is 4.79 Å². The van der Waals surface area contributed by atoms with Gasteiger partial charge in [0.05, 0.1) is 12.0 Å². The summed E-state index contributed by atoms with van der Waals surface area (Å²) >= 11 is 0. The van der Waals surface area contributed by atoms with Crippen LogP contribution in [-0.2, 0) is 0 Å². The van der Waals surface area contributed by atoms with Gasteiger partial charge in [0.2, 0.25) is 0 Å². The fraction of sp³-hybridized carbons (Fsp3) is 0.188. The van der Waals surface area contributed by atoms with Gasteiger partial charge in [-0.25, -0.2) is 0 Å². The van der Waals surface area contributed by atoms with E-state index < -0.39 is 0 Å². The molecular formula is C16H17NO2. The second kappa shape index (κ2) is 5.57. The molecule has 0 aliphatic carbocycles. The number of aryl methyl sites for hydroxylation is 2. The van der Waals surface area contributed by atoms with Gasteiger partial charge >= 0.3 is 0 Å². The first-order valence-electron chi connectivity index (χ1n) is 6.17. The van der Waals surface area contributed by atoms with Crippen molar-refractivity contribution in [2.75, 3.05) is 11.4 Å². The molecule has 0 saturated carbocycles. The molecule has 0 radical (unpaired) electrons. The van der Waals surface area contributed by atoms with E-state index in [2.05, 4.69) is 6.58 Å². The monoisotopic (exact) mass is 255 g/mol. The van der Waals surface area contributed by atoms with Crippen LogP contribution in [0.1, 0.15) is 21.7 Å². The largest absolute Gasteiger partial charge is 0.459 e. The van der Waals surface area contributed by atoms with Crippen LogP contribution in [0.2, 0.25) is 0 Å².